The first-order valence-corrected chi connectivity index (χ1v) is 12.7. The van der Waals surface area contributed by atoms with Crippen molar-refractivity contribution in [2.24, 2.45) is 0 Å². The number of rotatable bonds is 9. The highest BCUT2D eigenvalue weighted by Crippen LogP contribution is 2.44. The molecule has 0 radical (unpaired) electrons. The molecule has 2 aromatic carbocycles. The Morgan fingerprint density at radius 3 is 2.42 bits per heavy atom. The van der Waals surface area contributed by atoms with Gasteiger partial charge in [0.2, 0.25) is 0 Å². The average molecular weight is 447 g/mol. The number of fused-ring (bicyclic) bond motifs is 1. The molecular formula is C30H38O3. The molecule has 0 fully saturated rings. The van der Waals surface area contributed by atoms with E-state index in [0.29, 0.717) is 12.2 Å². The van der Waals surface area contributed by atoms with Gasteiger partial charge in [0.15, 0.2) is 0 Å². The van der Waals surface area contributed by atoms with Gasteiger partial charge in [-0.05, 0) is 81.0 Å². The molecule has 33 heavy (non-hydrogen) atoms. The van der Waals surface area contributed by atoms with Gasteiger partial charge in [0.05, 0.1) is 18.8 Å². The van der Waals surface area contributed by atoms with E-state index in [-0.39, 0.29) is 11.4 Å². The number of benzene rings is 2. The number of hydrogen-bond acceptors (Lipinski definition) is 3. The minimum atomic E-state index is -0.295. The summed E-state index contributed by atoms with van der Waals surface area (Å²) in [5, 5.41) is 0. The quantitative estimate of drug-likeness (QED) is 0.232. The standard InChI is InChI=1S/C30H38O3/c1-5-9-10-11-12-25-22-28-27(30(6-2,7-3)19-20-33-28)21-26(25)18-15-23-13-16-24(17-14-23)29(31)32-8-4/h13-14,16-17,21-22H,5-12,19-20H2,1-4H3. The summed E-state index contributed by atoms with van der Waals surface area (Å²) in [5.74, 6) is 7.55. The van der Waals surface area contributed by atoms with Crippen LogP contribution in [0.25, 0.3) is 0 Å². The molecule has 0 atom stereocenters. The van der Waals surface area contributed by atoms with Gasteiger partial charge in [-0.15, -0.1) is 0 Å². The Labute approximate surface area is 199 Å². The van der Waals surface area contributed by atoms with E-state index >= 15 is 0 Å². The lowest BCUT2D eigenvalue weighted by Gasteiger charge is -2.38. The van der Waals surface area contributed by atoms with Gasteiger partial charge in [0, 0.05) is 22.1 Å². The second-order valence-corrected chi connectivity index (χ2v) is 8.95. The van der Waals surface area contributed by atoms with E-state index < -0.39 is 0 Å². The number of unbranched alkanes of at least 4 members (excludes halogenated alkanes) is 3. The van der Waals surface area contributed by atoms with Gasteiger partial charge < -0.3 is 9.47 Å². The predicted octanol–water partition coefficient (Wildman–Crippen LogP) is 7.23. The van der Waals surface area contributed by atoms with Crippen molar-refractivity contribution in [3.63, 3.8) is 0 Å². The number of carbonyl (C=O) groups is 1. The Bertz CT molecular complexity index is 988. The fraction of sp³-hybridized carbons (Fsp3) is 0.500. The molecule has 3 heteroatoms. The average Bonchev–Trinajstić information content (AvgIpc) is 2.85. The third kappa shape index (κ3) is 5.99. The van der Waals surface area contributed by atoms with Gasteiger partial charge in [-0.1, -0.05) is 51.9 Å². The molecule has 176 valence electrons. The number of carbonyl (C=O) groups excluding carboxylic acids is 1. The summed E-state index contributed by atoms with van der Waals surface area (Å²) in [7, 11) is 0. The van der Waals surface area contributed by atoms with Gasteiger partial charge in [-0.25, -0.2) is 4.79 Å². The Balaban J connectivity index is 1.94. The molecule has 0 amide bonds. The summed E-state index contributed by atoms with van der Waals surface area (Å²) in [4.78, 5) is 11.9. The zero-order valence-corrected chi connectivity index (χ0v) is 20.8. The summed E-state index contributed by atoms with van der Waals surface area (Å²) < 4.78 is 11.2. The van der Waals surface area contributed by atoms with Gasteiger partial charge in [-0.3, -0.25) is 0 Å². The van der Waals surface area contributed by atoms with E-state index in [4.69, 9.17) is 9.47 Å². The normalized spacial score (nSPS) is 13.9. The van der Waals surface area contributed by atoms with Crippen molar-refractivity contribution in [3.8, 4) is 17.6 Å². The predicted molar refractivity (Wildman–Crippen MR) is 135 cm³/mol. The number of esters is 1. The largest absolute Gasteiger partial charge is 0.493 e. The van der Waals surface area contributed by atoms with Crippen LogP contribution in [0.4, 0.5) is 0 Å². The van der Waals surface area contributed by atoms with Crippen molar-refractivity contribution in [2.75, 3.05) is 13.2 Å². The highest BCUT2D eigenvalue weighted by Gasteiger charge is 2.35. The van der Waals surface area contributed by atoms with Crippen LogP contribution in [-0.4, -0.2) is 19.2 Å². The molecule has 0 spiro atoms. The fourth-order valence-electron chi connectivity index (χ4n) is 4.74. The summed E-state index contributed by atoms with van der Waals surface area (Å²) >= 11 is 0. The summed E-state index contributed by atoms with van der Waals surface area (Å²) in [6.45, 7) is 9.79. The second-order valence-electron chi connectivity index (χ2n) is 8.95. The molecule has 0 saturated heterocycles. The van der Waals surface area contributed by atoms with E-state index in [0.717, 1.165) is 49.2 Å². The van der Waals surface area contributed by atoms with Gasteiger partial charge in [0.25, 0.3) is 0 Å². The van der Waals surface area contributed by atoms with Gasteiger partial charge in [-0.2, -0.15) is 0 Å². The molecule has 0 unspecified atom stereocenters. The first-order chi connectivity index (χ1) is 16.1. The van der Waals surface area contributed by atoms with Crippen LogP contribution < -0.4 is 4.74 Å². The Hall–Kier alpha value is -2.73. The third-order valence-electron chi connectivity index (χ3n) is 7.01. The molecule has 1 aliphatic rings. The molecule has 0 aliphatic carbocycles. The Kier molecular flexibility index (Phi) is 9.01. The summed E-state index contributed by atoms with van der Waals surface area (Å²) in [6, 6.07) is 11.9. The number of hydrogen-bond donors (Lipinski definition) is 0. The first kappa shape index (κ1) is 24.9. The van der Waals surface area contributed by atoms with Crippen LogP contribution in [-0.2, 0) is 16.6 Å². The maximum absolute atomic E-state index is 11.9. The van der Waals surface area contributed by atoms with E-state index in [1.807, 2.05) is 19.1 Å². The van der Waals surface area contributed by atoms with E-state index in [1.54, 1.807) is 12.1 Å². The molecular weight excluding hydrogens is 408 g/mol. The molecule has 2 aromatic rings. The molecule has 0 bridgehead atoms. The monoisotopic (exact) mass is 446 g/mol. The van der Waals surface area contributed by atoms with Crippen molar-refractivity contribution in [1.29, 1.82) is 0 Å². The molecule has 1 aliphatic heterocycles. The van der Waals surface area contributed by atoms with Crippen molar-refractivity contribution in [1.82, 2.24) is 0 Å². The zero-order chi connectivity index (χ0) is 23.7. The minimum absolute atomic E-state index is 0.173. The van der Waals surface area contributed by atoms with Crippen LogP contribution in [0.3, 0.4) is 0 Å². The first-order valence-electron chi connectivity index (χ1n) is 12.7. The van der Waals surface area contributed by atoms with Crippen molar-refractivity contribution in [2.45, 2.75) is 84.5 Å². The molecule has 0 aromatic heterocycles. The molecule has 0 saturated carbocycles. The topological polar surface area (TPSA) is 35.5 Å². The Morgan fingerprint density at radius 1 is 1.00 bits per heavy atom. The smallest absolute Gasteiger partial charge is 0.338 e. The van der Waals surface area contributed by atoms with Crippen LogP contribution in [0, 0.1) is 11.8 Å². The van der Waals surface area contributed by atoms with Gasteiger partial charge in [0.1, 0.15) is 5.75 Å². The summed E-state index contributed by atoms with van der Waals surface area (Å²) in [5.41, 5.74) is 5.33. The van der Waals surface area contributed by atoms with Gasteiger partial charge >= 0.3 is 5.97 Å². The van der Waals surface area contributed by atoms with E-state index in [9.17, 15) is 4.79 Å². The second kappa shape index (κ2) is 11.9. The highest BCUT2D eigenvalue weighted by atomic mass is 16.5. The Morgan fingerprint density at radius 2 is 1.76 bits per heavy atom. The fourth-order valence-corrected chi connectivity index (χ4v) is 4.74. The molecule has 3 rings (SSSR count). The van der Waals surface area contributed by atoms with E-state index in [1.165, 1.54) is 36.8 Å². The lowest BCUT2D eigenvalue weighted by atomic mass is 9.71. The molecule has 0 N–H and O–H groups in total. The third-order valence-corrected chi connectivity index (χ3v) is 7.01. The minimum Gasteiger partial charge on any atom is -0.493 e. The molecule has 3 nitrogen and oxygen atoms in total. The van der Waals surface area contributed by atoms with Crippen molar-refractivity contribution in [3.05, 3.63) is 64.2 Å². The number of ether oxygens (including phenoxy) is 2. The lowest BCUT2D eigenvalue weighted by Crippen LogP contribution is -2.32. The number of aryl methyl sites for hydroxylation is 1. The van der Waals surface area contributed by atoms with Crippen LogP contribution in [0.15, 0.2) is 36.4 Å². The van der Waals surface area contributed by atoms with E-state index in [2.05, 4.69) is 44.7 Å². The summed E-state index contributed by atoms with van der Waals surface area (Å²) in [6.07, 6.45) is 9.21. The van der Waals surface area contributed by atoms with Crippen molar-refractivity contribution >= 4 is 5.97 Å². The van der Waals surface area contributed by atoms with Crippen LogP contribution in [0.1, 0.15) is 105 Å². The maximum Gasteiger partial charge on any atom is 0.338 e. The van der Waals surface area contributed by atoms with Crippen LogP contribution in [0.2, 0.25) is 0 Å². The van der Waals surface area contributed by atoms with Crippen LogP contribution >= 0.6 is 0 Å². The zero-order valence-electron chi connectivity index (χ0n) is 20.8. The SMILES string of the molecule is CCCCCCc1cc2c(cc1C#Cc1ccc(C(=O)OCC)cc1)C(CC)(CC)CCO2. The lowest BCUT2D eigenvalue weighted by molar-refractivity contribution is 0.0526. The van der Waals surface area contributed by atoms with Crippen LogP contribution in [0.5, 0.6) is 5.75 Å². The highest BCUT2D eigenvalue weighted by molar-refractivity contribution is 5.89. The molecule has 1 heterocycles. The van der Waals surface area contributed by atoms with Crippen molar-refractivity contribution < 1.29 is 14.3 Å². The maximum atomic E-state index is 11.9.